The normalized spacial score (nSPS) is 12.8. The molecule has 10 aromatic rings. The van der Waals surface area contributed by atoms with E-state index in [1.165, 1.54) is 65.9 Å². The highest BCUT2D eigenvalue weighted by atomic mass is 15.0. The molecule has 4 nitrogen and oxygen atoms in total. The topological polar surface area (TPSA) is 35.6 Å². The Morgan fingerprint density at radius 1 is 0.273 bits per heavy atom. The van der Waals surface area contributed by atoms with Gasteiger partial charge in [0.25, 0.3) is 0 Å². The average molecular weight is 863 g/mol. The molecule has 330 valence electrons. The van der Waals surface area contributed by atoms with Crippen molar-refractivity contribution in [3.63, 3.8) is 0 Å². The smallest absolute Gasteiger partial charge is 0.0541 e. The molecule has 4 heteroatoms. The minimum absolute atomic E-state index is 0.0571. The van der Waals surface area contributed by atoms with E-state index in [2.05, 4.69) is 226 Å². The molecule has 4 aromatic heterocycles. The van der Waals surface area contributed by atoms with Gasteiger partial charge in [0.2, 0.25) is 0 Å². The van der Waals surface area contributed by atoms with Crippen LogP contribution in [0.2, 0.25) is 0 Å². The first-order chi connectivity index (χ1) is 31.2. The SMILES string of the molecule is CC(C)(C)c1ccc2c(c1)c1cc(C(C)(C)C)ccc1n2-c1ccc(-c2cncc(-c3cncc(-c4ccc(-n5c6ccc(C(C)(C)C)cc6c6cc(C(C)(C)C)ccc65)cc4)c3)c2)cc1. The summed E-state index contributed by atoms with van der Waals surface area (Å²) in [6.07, 6.45) is 7.80. The van der Waals surface area contributed by atoms with Crippen molar-refractivity contribution in [3.05, 3.63) is 181 Å². The molecule has 0 aliphatic heterocycles. The minimum Gasteiger partial charge on any atom is -0.309 e. The number of fused-ring (bicyclic) bond motifs is 6. The van der Waals surface area contributed by atoms with Crippen molar-refractivity contribution >= 4 is 43.6 Å². The van der Waals surface area contributed by atoms with E-state index in [0.717, 1.165) is 44.8 Å². The molecule has 0 spiro atoms. The number of hydrogen-bond acceptors (Lipinski definition) is 2. The third-order valence-electron chi connectivity index (χ3n) is 13.7. The molecule has 0 fully saturated rings. The van der Waals surface area contributed by atoms with Crippen LogP contribution in [0.15, 0.2) is 158 Å². The summed E-state index contributed by atoms with van der Waals surface area (Å²) in [5, 5.41) is 5.18. The molecule has 0 amide bonds. The van der Waals surface area contributed by atoms with Gasteiger partial charge in [0.05, 0.1) is 22.1 Å². The molecule has 0 atom stereocenters. The standard InChI is InChI=1S/C62H62N4/c1-59(2,3)45-17-25-55-51(31-45)52-32-46(60(4,5)6)18-26-56(52)65(55)49-21-13-39(14-22-49)41-29-43(37-63-35-41)44-30-42(36-64-38-44)40-15-23-50(24-16-40)66-57-27-19-47(61(7,8)9)33-53(57)54-34-48(62(10,11)12)20-28-58(54)66/h13-38H,1-12H3. The highest BCUT2D eigenvalue weighted by molar-refractivity contribution is 6.11. The predicted molar refractivity (Wildman–Crippen MR) is 282 cm³/mol. The van der Waals surface area contributed by atoms with Crippen molar-refractivity contribution in [1.29, 1.82) is 0 Å². The van der Waals surface area contributed by atoms with E-state index < -0.39 is 0 Å². The Hall–Kier alpha value is -6.78. The number of pyridine rings is 2. The van der Waals surface area contributed by atoms with E-state index in [9.17, 15) is 0 Å². The van der Waals surface area contributed by atoms with Crippen LogP contribution in [-0.4, -0.2) is 19.1 Å². The molecule has 0 aliphatic carbocycles. The number of benzene rings is 6. The lowest BCUT2D eigenvalue weighted by Crippen LogP contribution is -2.10. The molecule has 4 heterocycles. The summed E-state index contributed by atoms with van der Waals surface area (Å²) in [6.45, 7) is 27.5. The zero-order valence-electron chi connectivity index (χ0n) is 40.8. The number of rotatable bonds is 5. The van der Waals surface area contributed by atoms with Crippen LogP contribution >= 0.6 is 0 Å². The lowest BCUT2D eigenvalue weighted by atomic mass is 9.85. The summed E-state index contributed by atoms with van der Waals surface area (Å²) in [5.74, 6) is 0. The van der Waals surface area contributed by atoms with Crippen molar-refractivity contribution in [2.45, 2.75) is 105 Å². The Labute approximate surface area is 391 Å². The summed E-state index contributed by atoms with van der Waals surface area (Å²) in [7, 11) is 0. The maximum absolute atomic E-state index is 4.74. The first kappa shape index (κ1) is 43.1. The molecule has 66 heavy (non-hydrogen) atoms. The molecular formula is C62H62N4. The third kappa shape index (κ3) is 7.70. The Bertz CT molecular complexity index is 3100. The zero-order chi connectivity index (χ0) is 46.5. The van der Waals surface area contributed by atoms with Gasteiger partial charge in [-0.2, -0.15) is 0 Å². The molecule has 0 radical (unpaired) electrons. The van der Waals surface area contributed by atoms with Crippen LogP contribution in [-0.2, 0) is 21.7 Å². The zero-order valence-corrected chi connectivity index (χ0v) is 40.8. The summed E-state index contributed by atoms with van der Waals surface area (Å²) < 4.78 is 4.83. The first-order valence-corrected chi connectivity index (χ1v) is 23.5. The highest BCUT2D eigenvalue weighted by Gasteiger charge is 2.23. The maximum atomic E-state index is 4.74. The quantitative estimate of drug-likeness (QED) is 0.173. The highest BCUT2D eigenvalue weighted by Crippen LogP contribution is 2.40. The van der Waals surface area contributed by atoms with Crippen LogP contribution in [0.5, 0.6) is 0 Å². The van der Waals surface area contributed by atoms with E-state index in [4.69, 9.17) is 9.97 Å². The van der Waals surface area contributed by atoms with E-state index in [1.807, 2.05) is 24.8 Å². The van der Waals surface area contributed by atoms with Gasteiger partial charge in [-0.25, -0.2) is 0 Å². The molecule has 0 saturated heterocycles. The van der Waals surface area contributed by atoms with Gasteiger partial charge in [0.15, 0.2) is 0 Å². The van der Waals surface area contributed by atoms with Crippen molar-refractivity contribution in [1.82, 2.24) is 19.1 Å². The van der Waals surface area contributed by atoms with Crippen LogP contribution < -0.4 is 0 Å². The second-order valence-electron chi connectivity index (χ2n) is 22.6. The lowest BCUT2D eigenvalue weighted by molar-refractivity contribution is 0.590. The van der Waals surface area contributed by atoms with Crippen LogP contribution in [0.4, 0.5) is 0 Å². The largest absolute Gasteiger partial charge is 0.309 e. The molecular weight excluding hydrogens is 801 g/mol. The first-order valence-electron chi connectivity index (χ1n) is 23.5. The van der Waals surface area contributed by atoms with Crippen molar-refractivity contribution < 1.29 is 0 Å². The Balaban J connectivity index is 0.962. The monoisotopic (exact) mass is 862 g/mol. The van der Waals surface area contributed by atoms with E-state index in [0.29, 0.717) is 0 Å². The summed E-state index contributed by atoms with van der Waals surface area (Å²) in [6, 6.07) is 50.4. The van der Waals surface area contributed by atoms with Crippen molar-refractivity contribution in [2.75, 3.05) is 0 Å². The minimum atomic E-state index is 0.0571. The van der Waals surface area contributed by atoms with Crippen molar-refractivity contribution in [2.24, 2.45) is 0 Å². The van der Waals surface area contributed by atoms with Crippen molar-refractivity contribution in [3.8, 4) is 44.8 Å². The Morgan fingerprint density at radius 3 is 0.758 bits per heavy atom. The van der Waals surface area contributed by atoms with Gasteiger partial charge in [0.1, 0.15) is 0 Å². The molecule has 10 rings (SSSR count). The molecule has 0 N–H and O–H groups in total. The van der Waals surface area contributed by atoms with Gasteiger partial charge in [-0.15, -0.1) is 0 Å². The van der Waals surface area contributed by atoms with Crippen LogP contribution in [0, 0.1) is 0 Å². The van der Waals surface area contributed by atoms with Crippen LogP contribution in [0.3, 0.4) is 0 Å². The Morgan fingerprint density at radius 2 is 0.515 bits per heavy atom. The van der Waals surface area contributed by atoms with E-state index in [-0.39, 0.29) is 21.7 Å². The fourth-order valence-corrected chi connectivity index (χ4v) is 9.59. The molecule has 0 unspecified atom stereocenters. The van der Waals surface area contributed by atoms with Crippen LogP contribution in [0.25, 0.3) is 88.4 Å². The summed E-state index contributed by atoms with van der Waals surface area (Å²) in [5.41, 5.74) is 19.2. The molecule has 0 aliphatic rings. The number of nitrogens with zero attached hydrogens (tertiary/aromatic N) is 4. The van der Waals surface area contributed by atoms with Gasteiger partial charge in [-0.05, 0) is 140 Å². The lowest BCUT2D eigenvalue weighted by Gasteiger charge is -2.19. The maximum Gasteiger partial charge on any atom is 0.0541 e. The summed E-state index contributed by atoms with van der Waals surface area (Å²) in [4.78, 5) is 9.48. The fourth-order valence-electron chi connectivity index (χ4n) is 9.59. The van der Waals surface area contributed by atoms with E-state index in [1.54, 1.807) is 0 Å². The second kappa shape index (κ2) is 15.4. The molecule has 0 saturated carbocycles. The second-order valence-corrected chi connectivity index (χ2v) is 22.6. The van der Waals surface area contributed by atoms with E-state index >= 15 is 0 Å². The predicted octanol–water partition coefficient (Wildman–Crippen LogP) is 16.9. The average Bonchev–Trinajstić information content (AvgIpc) is 3.79. The molecule has 0 bridgehead atoms. The van der Waals surface area contributed by atoms with Gasteiger partial charge in [-0.1, -0.05) is 132 Å². The van der Waals surface area contributed by atoms with Crippen LogP contribution in [0.1, 0.15) is 105 Å². The number of hydrogen-bond donors (Lipinski definition) is 0. The van der Waals surface area contributed by atoms with Gasteiger partial charge in [-0.3, -0.25) is 9.97 Å². The summed E-state index contributed by atoms with van der Waals surface area (Å²) >= 11 is 0. The van der Waals surface area contributed by atoms with Gasteiger partial charge >= 0.3 is 0 Å². The van der Waals surface area contributed by atoms with Gasteiger partial charge < -0.3 is 9.13 Å². The number of aromatic nitrogens is 4. The third-order valence-corrected chi connectivity index (χ3v) is 13.7. The Kier molecular flexibility index (Phi) is 10.1. The fraction of sp³-hybridized carbons (Fsp3) is 0.258. The van der Waals surface area contributed by atoms with Gasteiger partial charge in [0, 0.05) is 80.0 Å². The molecule has 6 aromatic carbocycles.